The van der Waals surface area contributed by atoms with Crippen LogP contribution < -0.4 is 0 Å². The number of likely N-dealkylation sites (tertiary alicyclic amines) is 1. The van der Waals surface area contributed by atoms with Gasteiger partial charge in [-0.15, -0.1) is 5.10 Å². The minimum absolute atomic E-state index is 0.282. The lowest BCUT2D eigenvalue weighted by Gasteiger charge is -2.40. The average Bonchev–Trinajstić information content (AvgIpc) is 3.00. The fraction of sp³-hybridized carbons (Fsp3) is 0.786. The molecule has 1 atom stereocenters. The van der Waals surface area contributed by atoms with Crippen molar-refractivity contribution in [2.24, 2.45) is 5.92 Å². The third-order valence-corrected chi connectivity index (χ3v) is 4.61. The number of nitrogens with zero attached hydrogens (tertiary/aromatic N) is 5. The third kappa shape index (κ3) is 2.64. The highest BCUT2D eigenvalue weighted by Crippen LogP contribution is 2.46. The number of ether oxygens (including phenoxy) is 1. The monoisotopic (exact) mass is 323 g/mol. The molecular weight excluding hydrogens is 302 g/mol. The maximum absolute atomic E-state index is 12.2. The number of amides is 1. The van der Waals surface area contributed by atoms with E-state index in [2.05, 4.69) is 15.5 Å². The van der Waals surface area contributed by atoms with Crippen molar-refractivity contribution in [1.82, 2.24) is 25.1 Å². The van der Waals surface area contributed by atoms with Crippen LogP contribution in [0.2, 0.25) is 0 Å². The zero-order valence-corrected chi connectivity index (χ0v) is 13.5. The predicted octanol–water partition coefficient (Wildman–Crippen LogP) is 0.656. The minimum atomic E-state index is -0.858. The van der Waals surface area contributed by atoms with E-state index in [9.17, 15) is 14.7 Å². The van der Waals surface area contributed by atoms with Crippen LogP contribution in [0.5, 0.6) is 0 Å². The summed E-state index contributed by atoms with van der Waals surface area (Å²) < 4.78 is 6.95. The van der Waals surface area contributed by atoms with Crippen LogP contribution in [0.25, 0.3) is 0 Å². The van der Waals surface area contributed by atoms with Crippen molar-refractivity contribution in [3.63, 3.8) is 0 Å². The van der Waals surface area contributed by atoms with Gasteiger partial charge in [-0.3, -0.25) is 4.79 Å². The number of carboxylic acids is 1. The van der Waals surface area contributed by atoms with Gasteiger partial charge in [0.1, 0.15) is 5.60 Å². The Balaban J connectivity index is 1.76. The number of tetrazole rings is 1. The van der Waals surface area contributed by atoms with Crippen LogP contribution in [0.4, 0.5) is 4.79 Å². The van der Waals surface area contributed by atoms with Gasteiger partial charge in [0.05, 0.1) is 17.9 Å². The summed E-state index contributed by atoms with van der Waals surface area (Å²) in [5.41, 5.74) is -1.15. The van der Waals surface area contributed by atoms with Crippen LogP contribution >= 0.6 is 0 Å². The molecule has 2 aliphatic rings. The molecule has 23 heavy (non-hydrogen) atoms. The van der Waals surface area contributed by atoms with Crippen LogP contribution in [-0.4, -0.2) is 61.0 Å². The lowest BCUT2D eigenvalue weighted by molar-refractivity contribution is -0.145. The van der Waals surface area contributed by atoms with Gasteiger partial charge in [0.15, 0.2) is 5.82 Å². The first-order valence-corrected chi connectivity index (χ1v) is 7.70. The Morgan fingerprint density at radius 1 is 1.30 bits per heavy atom. The topological polar surface area (TPSA) is 110 Å². The third-order valence-electron chi connectivity index (χ3n) is 4.61. The SMILES string of the molecule is CC(C)(C)OC(=O)N1CCC2(CC1)c1nnnn1CC2C(=O)O. The molecule has 0 radical (unpaired) electrons. The molecule has 0 aromatic carbocycles. The van der Waals surface area contributed by atoms with Crippen LogP contribution in [0.3, 0.4) is 0 Å². The van der Waals surface area contributed by atoms with Crippen molar-refractivity contribution >= 4 is 12.1 Å². The number of rotatable bonds is 1. The summed E-state index contributed by atoms with van der Waals surface area (Å²) >= 11 is 0. The van der Waals surface area contributed by atoms with E-state index in [1.807, 2.05) is 20.8 Å². The summed E-state index contributed by atoms with van der Waals surface area (Å²) in [4.78, 5) is 25.4. The predicted molar refractivity (Wildman–Crippen MR) is 77.7 cm³/mol. The number of carbonyl (C=O) groups excluding carboxylic acids is 1. The van der Waals surface area contributed by atoms with E-state index in [1.165, 1.54) is 0 Å². The van der Waals surface area contributed by atoms with Crippen molar-refractivity contribution in [2.75, 3.05) is 13.1 Å². The summed E-state index contributed by atoms with van der Waals surface area (Å²) in [7, 11) is 0. The van der Waals surface area contributed by atoms with Crippen molar-refractivity contribution < 1.29 is 19.4 Å². The van der Waals surface area contributed by atoms with Gasteiger partial charge in [-0.25, -0.2) is 9.48 Å². The van der Waals surface area contributed by atoms with Gasteiger partial charge in [0.2, 0.25) is 0 Å². The number of aliphatic carboxylic acids is 1. The highest BCUT2D eigenvalue weighted by Gasteiger charge is 2.55. The molecule has 1 N–H and O–H groups in total. The number of piperidine rings is 1. The molecule has 9 heteroatoms. The zero-order chi connectivity index (χ0) is 16.8. The first-order chi connectivity index (χ1) is 10.7. The maximum atomic E-state index is 12.2. The minimum Gasteiger partial charge on any atom is -0.481 e. The second-order valence-corrected chi connectivity index (χ2v) is 7.20. The molecule has 3 heterocycles. The second kappa shape index (κ2) is 5.17. The Bertz CT molecular complexity index is 627. The van der Waals surface area contributed by atoms with E-state index in [1.54, 1.807) is 9.58 Å². The Labute approximate surface area is 133 Å². The molecule has 1 saturated heterocycles. The van der Waals surface area contributed by atoms with Crippen molar-refractivity contribution in [1.29, 1.82) is 0 Å². The molecule has 9 nitrogen and oxygen atoms in total. The number of fused-ring (bicyclic) bond motifs is 2. The molecule has 1 aromatic rings. The van der Waals surface area contributed by atoms with E-state index in [-0.39, 0.29) is 12.6 Å². The Morgan fingerprint density at radius 3 is 2.52 bits per heavy atom. The smallest absolute Gasteiger partial charge is 0.410 e. The first kappa shape index (κ1) is 15.7. The summed E-state index contributed by atoms with van der Waals surface area (Å²) in [6.07, 6.45) is 0.671. The molecule has 2 aliphatic heterocycles. The quantitative estimate of drug-likeness (QED) is 0.808. The lowest BCUT2D eigenvalue weighted by Crippen LogP contribution is -2.50. The zero-order valence-electron chi connectivity index (χ0n) is 13.5. The van der Waals surface area contributed by atoms with Gasteiger partial charge in [0, 0.05) is 13.1 Å². The average molecular weight is 323 g/mol. The van der Waals surface area contributed by atoms with Crippen molar-refractivity contribution in [3.05, 3.63) is 5.82 Å². The van der Waals surface area contributed by atoms with Gasteiger partial charge in [-0.05, 0) is 44.0 Å². The molecular formula is C14H21N5O4. The Kier molecular flexibility index (Phi) is 3.53. The fourth-order valence-electron chi connectivity index (χ4n) is 3.49. The van der Waals surface area contributed by atoms with E-state index in [0.717, 1.165) is 0 Å². The van der Waals surface area contributed by atoms with Crippen LogP contribution in [0, 0.1) is 5.92 Å². The van der Waals surface area contributed by atoms with Gasteiger partial charge in [-0.2, -0.15) is 0 Å². The summed E-state index contributed by atoms with van der Waals surface area (Å²) in [6.45, 7) is 6.62. The molecule has 0 bridgehead atoms. The molecule has 1 spiro atoms. The molecule has 126 valence electrons. The lowest BCUT2D eigenvalue weighted by atomic mass is 9.70. The molecule has 0 saturated carbocycles. The fourth-order valence-corrected chi connectivity index (χ4v) is 3.49. The van der Waals surface area contributed by atoms with E-state index >= 15 is 0 Å². The molecule has 1 aromatic heterocycles. The van der Waals surface area contributed by atoms with Gasteiger partial charge in [0.25, 0.3) is 0 Å². The van der Waals surface area contributed by atoms with Crippen molar-refractivity contribution in [2.45, 2.75) is 51.2 Å². The number of aromatic nitrogens is 4. The molecule has 1 fully saturated rings. The van der Waals surface area contributed by atoms with E-state index in [4.69, 9.17) is 4.74 Å². The molecule has 0 aliphatic carbocycles. The standard InChI is InChI=1S/C14H21N5O4/c1-13(2,3)23-12(22)18-6-4-14(5-7-18)9(10(20)21)8-19-11(14)15-16-17-19/h9H,4-8H2,1-3H3,(H,20,21). The number of hydrogen-bond donors (Lipinski definition) is 1. The summed E-state index contributed by atoms with van der Waals surface area (Å²) in [5.74, 6) is -0.821. The Hall–Kier alpha value is -2.19. The highest BCUT2D eigenvalue weighted by molar-refractivity contribution is 5.73. The summed E-state index contributed by atoms with van der Waals surface area (Å²) in [5, 5.41) is 21.1. The first-order valence-electron chi connectivity index (χ1n) is 7.70. The largest absolute Gasteiger partial charge is 0.481 e. The van der Waals surface area contributed by atoms with Crippen molar-refractivity contribution in [3.8, 4) is 0 Å². The van der Waals surface area contributed by atoms with Gasteiger partial charge < -0.3 is 14.7 Å². The van der Waals surface area contributed by atoms with Crippen LogP contribution in [0.15, 0.2) is 0 Å². The second-order valence-electron chi connectivity index (χ2n) is 7.20. The maximum Gasteiger partial charge on any atom is 0.410 e. The van der Waals surface area contributed by atoms with Gasteiger partial charge >= 0.3 is 12.1 Å². The normalized spacial score (nSPS) is 22.9. The van der Waals surface area contributed by atoms with Crippen LogP contribution in [-0.2, 0) is 21.5 Å². The van der Waals surface area contributed by atoms with Crippen LogP contribution in [0.1, 0.15) is 39.4 Å². The van der Waals surface area contributed by atoms with E-state index < -0.39 is 22.9 Å². The molecule has 3 rings (SSSR count). The molecule has 1 amide bonds. The molecule has 1 unspecified atom stereocenters. The number of carbonyl (C=O) groups is 2. The van der Waals surface area contributed by atoms with E-state index in [0.29, 0.717) is 31.8 Å². The number of hydrogen-bond acceptors (Lipinski definition) is 6. The van der Waals surface area contributed by atoms with Gasteiger partial charge in [-0.1, -0.05) is 0 Å². The highest BCUT2D eigenvalue weighted by atomic mass is 16.6. The number of carboxylic acid groups (broad SMARTS) is 1. The summed E-state index contributed by atoms with van der Waals surface area (Å²) in [6, 6.07) is 0. The Morgan fingerprint density at radius 2 is 1.96 bits per heavy atom.